The number of aromatic nitrogens is 4. The van der Waals surface area contributed by atoms with E-state index in [0.29, 0.717) is 17.2 Å². The third kappa shape index (κ3) is 7.87. The van der Waals surface area contributed by atoms with Crippen molar-refractivity contribution in [2.75, 3.05) is 0 Å². The zero-order valence-corrected chi connectivity index (χ0v) is 36.6. The molecule has 6 aromatic carbocycles. The summed E-state index contributed by atoms with van der Waals surface area (Å²) in [5.41, 5.74) is 4.83. The fraction of sp³-hybridized carbons (Fsp3) is 0.185. The molecule has 1 atom stereocenters. The van der Waals surface area contributed by atoms with Crippen molar-refractivity contribution in [3.8, 4) is 50.9 Å². The summed E-state index contributed by atoms with van der Waals surface area (Å²) in [6.45, 7) is 15.5. The Kier molecular flexibility index (Phi) is 8.12. The summed E-state index contributed by atoms with van der Waals surface area (Å²) in [4.78, 5) is 4.89. The maximum Gasteiger partial charge on any atom is 0.267 e. The molecule has 0 N–H and O–H groups in total. The van der Waals surface area contributed by atoms with Gasteiger partial charge in [-0.15, -0.1) is 29.7 Å². The smallest absolute Gasteiger partial charge is 0.267 e. The molecule has 0 bridgehead atoms. The minimum atomic E-state index is -0.567. The topological polar surface area (TPSA) is 35.9 Å². The van der Waals surface area contributed by atoms with Gasteiger partial charge in [-0.2, -0.15) is 18.2 Å². The van der Waals surface area contributed by atoms with Crippen LogP contribution < -0.4 is 9.30 Å². The zero-order valence-electron chi connectivity index (χ0n) is 44.3. The van der Waals surface area contributed by atoms with E-state index in [4.69, 9.17) is 23.4 Å². The Balaban J connectivity index is 0.00000659. The minimum Gasteiger partial charge on any atom is -0.510 e. The van der Waals surface area contributed by atoms with Crippen LogP contribution in [-0.2, 0) is 26.5 Å². The van der Waals surface area contributed by atoms with Crippen molar-refractivity contribution >= 4 is 21.8 Å². The fourth-order valence-electron chi connectivity index (χ4n) is 7.32. The maximum atomic E-state index is 8.86. The Hall–Kier alpha value is -6.03. The molecule has 0 radical (unpaired) electrons. The Morgan fingerprint density at radius 2 is 1.40 bits per heavy atom. The van der Waals surface area contributed by atoms with Gasteiger partial charge < -0.3 is 13.9 Å². The number of rotatable bonds is 8. The third-order valence-electron chi connectivity index (χ3n) is 10.9. The molecule has 0 aliphatic carbocycles. The van der Waals surface area contributed by atoms with Crippen molar-refractivity contribution in [3.63, 3.8) is 0 Å². The molecule has 3 heterocycles. The van der Waals surface area contributed by atoms with Crippen LogP contribution in [0.15, 0.2) is 158 Å². The SMILES string of the molecule is [2H]c1c([2H])c([2H])c(-c2cccc(-c3c([2H])c([2H])c([2H])c([2H])c3[2H])c2-[n+]2[c-]n(-c3[c-]c(Oc4[c-]c5c(cc4)c4cc(C(C)(C)C)ccc4n5-c4cc(C(C)C(C)(C)C)ccn4)ccc3)cc2)c([2H])c1[2H].[Pt]. The molecule has 0 aliphatic heterocycles. The van der Waals surface area contributed by atoms with E-state index in [1.807, 2.05) is 18.3 Å². The van der Waals surface area contributed by atoms with Crippen LogP contribution in [0.25, 0.3) is 61.3 Å². The number of para-hydroxylation sites is 1. The van der Waals surface area contributed by atoms with Crippen LogP contribution in [0.5, 0.6) is 11.5 Å². The number of imidazole rings is 1. The molecule has 9 rings (SSSR count). The zero-order chi connectivity index (χ0) is 49.6. The third-order valence-corrected chi connectivity index (χ3v) is 10.9. The second-order valence-corrected chi connectivity index (χ2v) is 16.8. The molecule has 60 heavy (non-hydrogen) atoms. The summed E-state index contributed by atoms with van der Waals surface area (Å²) in [7, 11) is 0. The van der Waals surface area contributed by atoms with Gasteiger partial charge in [0.2, 0.25) is 0 Å². The first-order chi connectivity index (χ1) is 32.6. The van der Waals surface area contributed by atoms with Gasteiger partial charge in [-0.1, -0.05) is 145 Å². The fourth-order valence-corrected chi connectivity index (χ4v) is 7.32. The molecule has 0 spiro atoms. The summed E-state index contributed by atoms with van der Waals surface area (Å²) in [6, 6.07) is 26.5. The summed E-state index contributed by atoms with van der Waals surface area (Å²) in [5, 5.41) is 2.07. The van der Waals surface area contributed by atoms with Crippen LogP contribution in [0, 0.1) is 23.9 Å². The van der Waals surface area contributed by atoms with Crippen LogP contribution in [0.4, 0.5) is 0 Å². The molecule has 9 aromatic rings. The van der Waals surface area contributed by atoms with Gasteiger partial charge in [0.1, 0.15) is 5.82 Å². The first-order valence-corrected chi connectivity index (χ1v) is 19.5. The van der Waals surface area contributed by atoms with Crippen molar-refractivity contribution in [3.05, 3.63) is 187 Å². The Bertz CT molecular complexity index is 3410. The maximum absolute atomic E-state index is 8.86. The summed E-state index contributed by atoms with van der Waals surface area (Å²) in [5.74, 6) is 1.85. The molecule has 0 saturated heterocycles. The Morgan fingerprint density at radius 3 is 2.07 bits per heavy atom. The first-order valence-electron chi connectivity index (χ1n) is 24.5. The van der Waals surface area contributed by atoms with Crippen LogP contribution in [0.3, 0.4) is 0 Å². The van der Waals surface area contributed by atoms with Gasteiger partial charge in [0.05, 0.1) is 19.4 Å². The quantitative estimate of drug-likeness (QED) is 0.112. The van der Waals surface area contributed by atoms with Gasteiger partial charge in [0.25, 0.3) is 6.33 Å². The number of hydrogen-bond acceptors (Lipinski definition) is 2. The molecule has 0 saturated carbocycles. The van der Waals surface area contributed by atoms with Gasteiger partial charge in [-0.25, -0.2) is 4.98 Å². The summed E-state index contributed by atoms with van der Waals surface area (Å²) in [6.07, 6.45) is 8.39. The normalized spacial score (nSPS) is 14.7. The van der Waals surface area contributed by atoms with Crippen LogP contribution >= 0.6 is 0 Å². The van der Waals surface area contributed by atoms with Crippen molar-refractivity contribution in [2.45, 2.75) is 59.8 Å². The van der Waals surface area contributed by atoms with E-state index in [9.17, 15) is 0 Å². The average Bonchev–Trinajstić information content (AvgIpc) is 3.94. The number of benzene rings is 6. The standard InChI is InChI=1S/C54H48N4O.Pt/c1-37(53(2,3)4)40-28-29-55-51(32-40)58-49-27-24-41(54(5,6)7)33-48(49)47-26-25-44(35-50(47)58)59-43-21-14-20-42(34-43)56-30-31-57(36-56)52-45(38-16-10-8-11-17-38)22-15-23-46(52)39-18-12-9-13-19-39;/h8-33,37H,1-7H3;/q-2;/i8D,9D,10D,11D,12D,13D,16D,17D,18D,19D;. The first kappa shape index (κ1) is 30.1. The molecular weight excluding hydrogens is 916 g/mol. The number of fused-ring (bicyclic) bond motifs is 3. The predicted molar refractivity (Wildman–Crippen MR) is 240 cm³/mol. The Labute approximate surface area is 382 Å². The van der Waals surface area contributed by atoms with Crippen LogP contribution in [-0.4, -0.2) is 14.1 Å². The molecule has 302 valence electrons. The molecular formula is C54H48N4OPt-2. The number of ether oxygens (including phenoxy) is 1. The monoisotopic (exact) mass is 973 g/mol. The number of hydrogen-bond donors (Lipinski definition) is 0. The van der Waals surface area contributed by atoms with E-state index in [0.717, 1.165) is 27.6 Å². The molecule has 5 nitrogen and oxygen atoms in total. The van der Waals surface area contributed by atoms with Gasteiger partial charge in [0, 0.05) is 56.7 Å². The van der Waals surface area contributed by atoms with E-state index in [1.54, 1.807) is 53.4 Å². The van der Waals surface area contributed by atoms with Crippen molar-refractivity contribution in [1.82, 2.24) is 14.1 Å². The van der Waals surface area contributed by atoms with Crippen molar-refractivity contribution in [1.29, 1.82) is 0 Å². The molecule has 6 heteroatoms. The minimum absolute atomic E-state index is 0. The van der Waals surface area contributed by atoms with Gasteiger partial charge in [0.15, 0.2) is 0 Å². The van der Waals surface area contributed by atoms with E-state index in [-0.39, 0.29) is 65.8 Å². The number of pyridine rings is 1. The van der Waals surface area contributed by atoms with E-state index in [2.05, 4.69) is 102 Å². The predicted octanol–water partition coefficient (Wildman–Crippen LogP) is 13.2. The number of nitrogens with zero attached hydrogens (tertiary/aromatic N) is 4. The second kappa shape index (κ2) is 16.2. The van der Waals surface area contributed by atoms with E-state index in [1.165, 1.54) is 15.7 Å². The molecule has 0 amide bonds. The van der Waals surface area contributed by atoms with Gasteiger partial charge >= 0.3 is 0 Å². The van der Waals surface area contributed by atoms with E-state index >= 15 is 0 Å². The summed E-state index contributed by atoms with van der Waals surface area (Å²) < 4.78 is 97.5. The van der Waals surface area contributed by atoms with Crippen LogP contribution in [0.1, 0.15) is 79.2 Å². The second-order valence-electron chi connectivity index (χ2n) is 16.8. The largest absolute Gasteiger partial charge is 0.510 e. The van der Waals surface area contributed by atoms with Gasteiger partial charge in [-0.3, -0.25) is 4.57 Å². The van der Waals surface area contributed by atoms with E-state index < -0.39 is 60.4 Å². The van der Waals surface area contributed by atoms with Crippen LogP contribution in [0.2, 0.25) is 0 Å². The molecule has 3 aromatic heterocycles. The molecule has 0 aliphatic rings. The van der Waals surface area contributed by atoms with Crippen molar-refractivity contribution < 1.29 is 44.1 Å². The average molecular weight is 974 g/mol. The molecule has 1 unspecified atom stereocenters. The summed E-state index contributed by atoms with van der Waals surface area (Å²) >= 11 is 0. The van der Waals surface area contributed by atoms with Gasteiger partial charge in [-0.05, 0) is 79.4 Å². The van der Waals surface area contributed by atoms with Crippen molar-refractivity contribution in [2.24, 2.45) is 5.41 Å². The Morgan fingerprint density at radius 1 is 0.733 bits per heavy atom. The molecule has 0 fully saturated rings.